The average molecular weight is 516 g/mol. The minimum Gasteiger partial charge on any atom is -0.496 e. The molecule has 3 aromatic rings. The van der Waals surface area contributed by atoms with Gasteiger partial charge in [0.1, 0.15) is 23.4 Å². The lowest BCUT2D eigenvalue weighted by atomic mass is 10.0. The van der Waals surface area contributed by atoms with Crippen molar-refractivity contribution in [1.82, 2.24) is 0 Å². The van der Waals surface area contributed by atoms with Crippen molar-refractivity contribution in [2.75, 3.05) is 11.4 Å². The third kappa shape index (κ3) is 4.62. The fourth-order valence-electron chi connectivity index (χ4n) is 4.22. The largest absolute Gasteiger partial charge is 0.496 e. The smallest absolute Gasteiger partial charge is 0.264 e. The molecule has 8 heteroatoms. The van der Waals surface area contributed by atoms with Crippen molar-refractivity contribution in [2.45, 2.75) is 44.7 Å². The highest BCUT2D eigenvalue weighted by Gasteiger charge is 2.39. The number of halogens is 2. The van der Waals surface area contributed by atoms with E-state index in [9.17, 15) is 12.8 Å². The molecule has 0 amide bonds. The van der Waals surface area contributed by atoms with E-state index in [0.717, 1.165) is 5.56 Å². The summed E-state index contributed by atoms with van der Waals surface area (Å²) in [6.07, 6.45) is 1.40. The van der Waals surface area contributed by atoms with Crippen LogP contribution in [0.2, 0.25) is 5.02 Å². The van der Waals surface area contributed by atoms with Crippen LogP contribution in [0.15, 0.2) is 59.5 Å². The lowest BCUT2D eigenvalue weighted by Gasteiger charge is -2.39. The van der Waals surface area contributed by atoms with Gasteiger partial charge < -0.3 is 9.47 Å². The zero-order valence-corrected chi connectivity index (χ0v) is 21.7. The number of nitrogens with zero attached hydrogens (tertiary/aromatic N) is 1. The SMILES string of the molecule is COc1cc(S(=O)(=O)N2c3cc(/C=C(\C)c4c(F)cccc4Cl)ccc3O[C@@H](C)[C@H]2C)ccc1C. The summed E-state index contributed by atoms with van der Waals surface area (Å²) in [7, 11) is -2.44. The Morgan fingerprint density at radius 1 is 1.14 bits per heavy atom. The van der Waals surface area contributed by atoms with E-state index in [-0.39, 0.29) is 11.0 Å². The minimum atomic E-state index is -3.95. The van der Waals surface area contributed by atoms with Gasteiger partial charge in [-0.05, 0) is 74.7 Å². The van der Waals surface area contributed by atoms with Crippen LogP contribution in [-0.2, 0) is 10.0 Å². The number of hydrogen-bond donors (Lipinski definition) is 0. The van der Waals surface area contributed by atoms with Gasteiger partial charge in [-0.2, -0.15) is 0 Å². The van der Waals surface area contributed by atoms with Crippen LogP contribution in [0.5, 0.6) is 11.5 Å². The number of anilines is 1. The van der Waals surface area contributed by atoms with Crippen LogP contribution in [0.1, 0.15) is 37.5 Å². The standard InChI is InChI=1S/C27H27ClFNO4S/c1-16-9-11-21(15-26(16)33-5)35(31,32)30-18(3)19(4)34-25-12-10-20(14-24(25)30)13-17(2)27-22(28)7-6-8-23(27)29/h6-15,18-19H,1-5H3/b17-13+/t18-,19+/m1/s1. The maximum Gasteiger partial charge on any atom is 0.264 e. The number of allylic oxidation sites excluding steroid dienone is 1. The van der Waals surface area contributed by atoms with Gasteiger partial charge in [-0.15, -0.1) is 0 Å². The molecule has 5 nitrogen and oxygen atoms in total. The number of rotatable bonds is 5. The molecule has 1 heterocycles. The van der Waals surface area contributed by atoms with E-state index >= 15 is 0 Å². The summed E-state index contributed by atoms with van der Waals surface area (Å²) in [5, 5.41) is 0.306. The summed E-state index contributed by atoms with van der Waals surface area (Å²) in [6.45, 7) is 7.26. The summed E-state index contributed by atoms with van der Waals surface area (Å²) in [5.74, 6) is 0.527. The second kappa shape index (κ2) is 9.55. The Labute approximate surface area is 210 Å². The molecule has 0 saturated heterocycles. The Balaban J connectivity index is 1.83. The number of benzene rings is 3. The van der Waals surface area contributed by atoms with Gasteiger partial charge >= 0.3 is 0 Å². The molecule has 0 aliphatic carbocycles. The topological polar surface area (TPSA) is 55.8 Å². The van der Waals surface area contributed by atoms with Crippen molar-refractivity contribution in [3.63, 3.8) is 0 Å². The Morgan fingerprint density at radius 2 is 1.89 bits per heavy atom. The normalized spacial score (nSPS) is 18.1. The van der Waals surface area contributed by atoms with E-state index < -0.39 is 21.9 Å². The third-order valence-corrected chi connectivity index (χ3v) is 8.47. The summed E-state index contributed by atoms with van der Waals surface area (Å²) in [5.41, 5.74) is 2.86. The number of hydrogen-bond acceptors (Lipinski definition) is 4. The summed E-state index contributed by atoms with van der Waals surface area (Å²) < 4.78 is 54.9. The number of fused-ring (bicyclic) bond motifs is 1. The molecule has 35 heavy (non-hydrogen) atoms. The molecule has 4 rings (SSSR count). The van der Waals surface area contributed by atoms with Gasteiger partial charge in [0.2, 0.25) is 0 Å². The zero-order chi connectivity index (χ0) is 25.5. The first-order valence-corrected chi connectivity index (χ1v) is 13.0. The van der Waals surface area contributed by atoms with Crippen LogP contribution in [0.25, 0.3) is 11.6 Å². The second-order valence-corrected chi connectivity index (χ2v) is 10.9. The molecule has 1 aliphatic heterocycles. The van der Waals surface area contributed by atoms with E-state index in [1.54, 1.807) is 55.5 Å². The van der Waals surface area contributed by atoms with Crippen LogP contribution >= 0.6 is 11.6 Å². The molecular weight excluding hydrogens is 489 g/mol. The van der Waals surface area contributed by atoms with Crippen LogP contribution in [0.3, 0.4) is 0 Å². The molecule has 184 valence electrons. The third-order valence-electron chi connectivity index (χ3n) is 6.26. The van der Waals surface area contributed by atoms with Gasteiger partial charge in [0.15, 0.2) is 0 Å². The van der Waals surface area contributed by atoms with E-state index in [1.165, 1.54) is 23.5 Å². The van der Waals surface area contributed by atoms with Crippen LogP contribution in [-0.4, -0.2) is 27.7 Å². The van der Waals surface area contributed by atoms with Crippen LogP contribution in [0, 0.1) is 12.7 Å². The van der Waals surface area contributed by atoms with Crippen molar-refractivity contribution in [2.24, 2.45) is 0 Å². The first-order valence-electron chi connectivity index (χ1n) is 11.2. The zero-order valence-electron chi connectivity index (χ0n) is 20.2. The molecule has 3 aromatic carbocycles. The van der Waals surface area contributed by atoms with Gasteiger partial charge in [0, 0.05) is 11.6 Å². The summed E-state index contributed by atoms with van der Waals surface area (Å²) in [6, 6.07) is 14.2. The lowest BCUT2D eigenvalue weighted by molar-refractivity contribution is 0.185. The van der Waals surface area contributed by atoms with Crippen molar-refractivity contribution in [3.05, 3.63) is 82.1 Å². The number of sulfonamides is 1. The Hall–Kier alpha value is -3.03. The molecular formula is C27H27ClFNO4S. The van der Waals surface area contributed by atoms with Crippen LogP contribution in [0.4, 0.5) is 10.1 Å². The first kappa shape index (κ1) is 25.1. The molecule has 0 N–H and O–H groups in total. The van der Waals surface area contributed by atoms with E-state index in [0.29, 0.717) is 38.9 Å². The predicted octanol–water partition coefficient (Wildman–Crippen LogP) is 6.72. The number of aryl methyl sites for hydroxylation is 1. The van der Waals surface area contributed by atoms with Gasteiger partial charge in [-0.1, -0.05) is 35.9 Å². The fourth-order valence-corrected chi connectivity index (χ4v) is 6.27. The van der Waals surface area contributed by atoms with Gasteiger partial charge in [0.05, 0.1) is 28.8 Å². The maximum atomic E-state index is 14.4. The molecule has 0 saturated carbocycles. The van der Waals surface area contributed by atoms with Gasteiger partial charge in [0.25, 0.3) is 10.0 Å². The Morgan fingerprint density at radius 3 is 2.57 bits per heavy atom. The van der Waals surface area contributed by atoms with Crippen molar-refractivity contribution in [1.29, 1.82) is 0 Å². The highest BCUT2D eigenvalue weighted by atomic mass is 35.5. The van der Waals surface area contributed by atoms with E-state index in [2.05, 4.69) is 0 Å². The van der Waals surface area contributed by atoms with E-state index in [4.69, 9.17) is 21.1 Å². The summed E-state index contributed by atoms with van der Waals surface area (Å²) in [4.78, 5) is 0.127. The van der Waals surface area contributed by atoms with Crippen molar-refractivity contribution in [3.8, 4) is 11.5 Å². The average Bonchev–Trinajstić information content (AvgIpc) is 2.80. The molecule has 2 atom stereocenters. The molecule has 0 radical (unpaired) electrons. The highest BCUT2D eigenvalue weighted by Crippen LogP contribution is 2.41. The van der Waals surface area contributed by atoms with Crippen LogP contribution < -0.4 is 13.8 Å². The lowest BCUT2D eigenvalue weighted by Crippen LogP contribution is -2.49. The van der Waals surface area contributed by atoms with E-state index in [1.807, 2.05) is 20.8 Å². The van der Waals surface area contributed by atoms with Crippen molar-refractivity contribution >= 4 is 39.0 Å². The molecule has 0 bridgehead atoms. The highest BCUT2D eigenvalue weighted by molar-refractivity contribution is 7.92. The monoisotopic (exact) mass is 515 g/mol. The Bertz CT molecular complexity index is 1400. The first-order chi connectivity index (χ1) is 16.5. The quantitative estimate of drug-likeness (QED) is 0.354. The molecule has 0 aromatic heterocycles. The van der Waals surface area contributed by atoms with Crippen molar-refractivity contribution < 1.29 is 22.3 Å². The van der Waals surface area contributed by atoms with Gasteiger partial charge in [-0.25, -0.2) is 12.8 Å². The molecule has 0 spiro atoms. The number of methoxy groups -OCH3 is 1. The predicted molar refractivity (Wildman–Crippen MR) is 138 cm³/mol. The molecule has 0 unspecified atom stereocenters. The molecule has 0 fully saturated rings. The maximum absolute atomic E-state index is 14.4. The second-order valence-electron chi connectivity index (χ2n) is 8.65. The summed E-state index contributed by atoms with van der Waals surface area (Å²) >= 11 is 6.23. The fraction of sp³-hybridized carbons (Fsp3) is 0.259. The molecule has 1 aliphatic rings. The number of ether oxygens (including phenoxy) is 2. The Kier molecular flexibility index (Phi) is 6.84. The minimum absolute atomic E-state index is 0.127. The van der Waals surface area contributed by atoms with Gasteiger partial charge in [-0.3, -0.25) is 4.31 Å².